The van der Waals surface area contributed by atoms with E-state index in [1.54, 1.807) is 14.2 Å². The number of rotatable bonds is 6. The van der Waals surface area contributed by atoms with Crippen LogP contribution in [0.15, 0.2) is 0 Å². The standard InChI is InChI=1S/C12H27NO2Si/c1-5-12(10(2)16(14-3)15-4)11-7-6-8-13-9-11/h10-13,16H,5-9H2,1-4H3. The lowest BCUT2D eigenvalue weighted by molar-refractivity contribution is 0.204. The summed E-state index contributed by atoms with van der Waals surface area (Å²) in [5.74, 6) is 1.57. The Balaban J connectivity index is 2.56. The maximum absolute atomic E-state index is 5.53. The van der Waals surface area contributed by atoms with Gasteiger partial charge in [-0.25, -0.2) is 0 Å². The summed E-state index contributed by atoms with van der Waals surface area (Å²) in [7, 11) is 2.13. The van der Waals surface area contributed by atoms with E-state index in [1.807, 2.05) is 0 Å². The lowest BCUT2D eigenvalue weighted by Crippen LogP contribution is -2.39. The van der Waals surface area contributed by atoms with Gasteiger partial charge in [-0.2, -0.15) is 0 Å². The predicted octanol–water partition coefficient (Wildman–Crippen LogP) is 1.92. The van der Waals surface area contributed by atoms with Gasteiger partial charge in [0, 0.05) is 19.8 Å². The summed E-state index contributed by atoms with van der Waals surface area (Å²) in [6.45, 7) is 6.98. The van der Waals surface area contributed by atoms with Crippen molar-refractivity contribution in [2.24, 2.45) is 11.8 Å². The van der Waals surface area contributed by atoms with Gasteiger partial charge in [0.15, 0.2) is 0 Å². The zero-order chi connectivity index (χ0) is 12.0. The highest BCUT2D eigenvalue weighted by molar-refractivity contribution is 6.46. The Kier molecular flexibility index (Phi) is 6.57. The molecule has 3 nitrogen and oxygen atoms in total. The molecule has 1 aliphatic rings. The first-order chi connectivity index (χ1) is 7.74. The van der Waals surface area contributed by atoms with Crippen LogP contribution in [0.3, 0.4) is 0 Å². The van der Waals surface area contributed by atoms with Gasteiger partial charge in [-0.15, -0.1) is 0 Å². The highest BCUT2D eigenvalue weighted by Crippen LogP contribution is 2.34. The van der Waals surface area contributed by atoms with E-state index >= 15 is 0 Å². The van der Waals surface area contributed by atoms with Crippen molar-refractivity contribution < 1.29 is 8.85 Å². The lowest BCUT2D eigenvalue weighted by atomic mass is 9.82. The van der Waals surface area contributed by atoms with Gasteiger partial charge < -0.3 is 14.2 Å². The molecule has 0 radical (unpaired) electrons. The van der Waals surface area contributed by atoms with Gasteiger partial charge in [-0.3, -0.25) is 0 Å². The fourth-order valence-corrected chi connectivity index (χ4v) is 5.15. The molecule has 16 heavy (non-hydrogen) atoms. The largest absolute Gasteiger partial charge is 0.400 e. The van der Waals surface area contributed by atoms with Gasteiger partial charge in [0.25, 0.3) is 0 Å². The summed E-state index contributed by atoms with van der Waals surface area (Å²) in [4.78, 5) is 0. The summed E-state index contributed by atoms with van der Waals surface area (Å²) < 4.78 is 11.1. The Morgan fingerprint density at radius 3 is 2.50 bits per heavy atom. The van der Waals surface area contributed by atoms with Crippen molar-refractivity contribution in [3.8, 4) is 0 Å². The number of hydrogen-bond donors (Lipinski definition) is 1. The van der Waals surface area contributed by atoms with Crippen LogP contribution in [0.5, 0.6) is 0 Å². The molecule has 0 aromatic rings. The van der Waals surface area contributed by atoms with Gasteiger partial charge >= 0.3 is 9.28 Å². The third-order valence-electron chi connectivity index (χ3n) is 3.98. The Bertz CT molecular complexity index is 182. The van der Waals surface area contributed by atoms with Crippen LogP contribution >= 0.6 is 0 Å². The maximum Gasteiger partial charge on any atom is 0.324 e. The first-order valence-corrected chi connectivity index (χ1v) is 8.11. The lowest BCUT2D eigenvalue weighted by Gasteiger charge is -2.35. The average Bonchev–Trinajstić information content (AvgIpc) is 2.33. The van der Waals surface area contributed by atoms with Crippen LogP contribution in [0, 0.1) is 11.8 Å². The number of piperidine rings is 1. The molecule has 1 heterocycles. The molecule has 4 heteroatoms. The second kappa shape index (κ2) is 7.43. The monoisotopic (exact) mass is 245 g/mol. The van der Waals surface area contributed by atoms with E-state index in [-0.39, 0.29) is 0 Å². The normalized spacial score (nSPS) is 25.7. The van der Waals surface area contributed by atoms with Crippen molar-refractivity contribution in [1.29, 1.82) is 0 Å². The first kappa shape index (κ1) is 14.2. The molecule has 1 saturated heterocycles. The highest BCUT2D eigenvalue weighted by Gasteiger charge is 2.33. The van der Waals surface area contributed by atoms with Crippen LogP contribution in [0.4, 0.5) is 0 Å². The molecule has 3 atom stereocenters. The minimum atomic E-state index is -1.46. The minimum Gasteiger partial charge on any atom is -0.400 e. The molecule has 3 unspecified atom stereocenters. The van der Waals surface area contributed by atoms with E-state index in [4.69, 9.17) is 8.85 Å². The fraction of sp³-hybridized carbons (Fsp3) is 1.00. The molecule has 0 aromatic carbocycles. The van der Waals surface area contributed by atoms with Crippen molar-refractivity contribution in [2.75, 3.05) is 27.3 Å². The van der Waals surface area contributed by atoms with Gasteiger partial charge in [-0.05, 0) is 37.8 Å². The maximum atomic E-state index is 5.53. The molecule has 0 aliphatic carbocycles. The molecule has 1 N–H and O–H groups in total. The van der Waals surface area contributed by atoms with Crippen molar-refractivity contribution in [2.45, 2.75) is 38.7 Å². The van der Waals surface area contributed by atoms with E-state index in [2.05, 4.69) is 19.2 Å². The third-order valence-corrected chi connectivity index (χ3v) is 6.26. The number of nitrogens with one attached hydrogen (secondary N) is 1. The van der Waals surface area contributed by atoms with Crippen LogP contribution < -0.4 is 5.32 Å². The van der Waals surface area contributed by atoms with Crippen LogP contribution in [0.25, 0.3) is 0 Å². The zero-order valence-electron chi connectivity index (χ0n) is 11.2. The van der Waals surface area contributed by atoms with E-state index < -0.39 is 9.28 Å². The predicted molar refractivity (Wildman–Crippen MR) is 70.0 cm³/mol. The van der Waals surface area contributed by atoms with E-state index in [9.17, 15) is 0 Å². The second-order valence-corrected chi connectivity index (χ2v) is 7.61. The van der Waals surface area contributed by atoms with Gasteiger partial charge in [0.1, 0.15) is 0 Å². The van der Waals surface area contributed by atoms with Crippen molar-refractivity contribution in [3.63, 3.8) is 0 Å². The van der Waals surface area contributed by atoms with Gasteiger partial charge in [0.2, 0.25) is 0 Å². The summed E-state index contributed by atoms with van der Waals surface area (Å²) in [5.41, 5.74) is 0.602. The van der Waals surface area contributed by atoms with Crippen LogP contribution in [0.1, 0.15) is 33.1 Å². The fourth-order valence-electron chi connectivity index (χ4n) is 3.11. The number of hydrogen-bond acceptors (Lipinski definition) is 3. The molecular weight excluding hydrogens is 218 g/mol. The van der Waals surface area contributed by atoms with E-state index in [0.29, 0.717) is 5.54 Å². The summed E-state index contributed by atoms with van der Waals surface area (Å²) in [5, 5.41) is 3.51. The molecule has 0 aromatic heterocycles. The van der Waals surface area contributed by atoms with Crippen LogP contribution in [-0.4, -0.2) is 36.6 Å². The van der Waals surface area contributed by atoms with Crippen molar-refractivity contribution >= 4 is 9.28 Å². The zero-order valence-corrected chi connectivity index (χ0v) is 12.3. The summed E-state index contributed by atoms with van der Waals surface area (Å²) >= 11 is 0. The van der Waals surface area contributed by atoms with E-state index in [1.165, 1.54) is 32.4 Å². The van der Waals surface area contributed by atoms with Crippen LogP contribution in [0.2, 0.25) is 5.54 Å². The topological polar surface area (TPSA) is 30.5 Å². The molecule has 1 rings (SSSR count). The van der Waals surface area contributed by atoms with Gasteiger partial charge in [-0.1, -0.05) is 20.3 Å². The molecule has 96 valence electrons. The minimum absolute atomic E-state index is 0.602. The Morgan fingerprint density at radius 2 is 2.06 bits per heavy atom. The Hall–Kier alpha value is 0.0969. The van der Waals surface area contributed by atoms with Gasteiger partial charge in [0.05, 0.1) is 0 Å². The highest BCUT2D eigenvalue weighted by atomic mass is 28.3. The third kappa shape index (κ3) is 3.55. The molecular formula is C12H27NO2Si. The van der Waals surface area contributed by atoms with Crippen LogP contribution in [-0.2, 0) is 8.85 Å². The Morgan fingerprint density at radius 1 is 1.38 bits per heavy atom. The molecule has 0 saturated carbocycles. The quantitative estimate of drug-likeness (QED) is 0.725. The average molecular weight is 245 g/mol. The SMILES string of the molecule is CCC(C1CCCNC1)C(C)[SiH](OC)OC. The smallest absolute Gasteiger partial charge is 0.324 e. The molecule has 1 aliphatic heterocycles. The molecule has 0 amide bonds. The molecule has 1 fully saturated rings. The molecule has 0 bridgehead atoms. The van der Waals surface area contributed by atoms with Crippen molar-refractivity contribution in [1.82, 2.24) is 5.32 Å². The van der Waals surface area contributed by atoms with Crippen molar-refractivity contribution in [3.05, 3.63) is 0 Å². The molecule has 0 spiro atoms. The first-order valence-electron chi connectivity index (χ1n) is 6.50. The summed E-state index contributed by atoms with van der Waals surface area (Å²) in [6, 6.07) is 0. The Labute approximate surface area is 102 Å². The van der Waals surface area contributed by atoms with E-state index in [0.717, 1.165) is 11.8 Å². The second-order valence-electron chi connectivity index (χ2n) is 4.88. The summed E-state index contributed by atoms with van der Waals surface area (Å²) in [6.07, 6.45) is 3.92.